The van der Waals surface area contributed by atoms with Crippen molar-refractivity contribution in [2.24, 2.45) is 0 Å². The number of rotatable bonds is 3. The molecule has 0 aliphatic rings. The van der Waals surface area contributed by atoms with Gasteiger partial charge in [-0.15, -0.1) is 0 Å². The SMILES string of the molecule is COC(=O)c1cnc(CCO)cn1. The van der Waals surface area contributed by atoms with Gasteiger partial charge in [0.2, 0.25) is 0 Å². The van der Waals surface area contributed by atoms with E-state index in [0.29, 0.717) is 12.1 Å². The van der Waals surface area contributed by atoms with Crippen LogP contribution in [0, 0.1) is 0 Å². The second-order valence-corrected chi connectivity index (χ2v) is 2.36. The van der Waals surface area contributed by atoms with E-state index in [1.165, 1.54) is 19.5 Å². The van der Waals surface area contributed by atoms with Gasteiger partial charge >= 0.3 is 5.97 Å². The normalized spacial score (nSPS) is 9.69. The molecule has 5 heteroatoms. The molecule has 0 saturated heterocycles. The van der Waals surface area contributed by atoms with E-state index in [1.54, 1.807) is 0 Å². The van der Waals surface area contributed by atoms with Gasteiger partial charge in [-0.25, -0.2) is 9.78 Å². The second-order valence-electron chi connectivity index (χ2n) is 2.36. The van der Waals surface area contributed by atoms with Crippen molar-refractivity contribution in [2.45, 2.75) is 6.42 Å². The van der Waals surface area contributed by atoms with Crippen molar-refractivity contribution >= 4 is 5.97 Å². The number of hydrogen-bond donors (Lipinski definition) is 1. The van der Waals surface area contributed by atoms with E-state index in [2.05, 4.69) is 14.7 Å². The average Bonchev–Trinajstić information content (AvgIpc) is 2.18. The van der Waals surface area contributed by atoms with Crippen LogP contribution in [0.5, 0.6) is 0 Å². The highest BCUT2D eigenvalue weighted by atomic mass is 16.5. The zero-order valence-corrected chi connectivity index (χ0v) is 7.23. The molecular weight excluding hydrogens is 172 g/mol. The molecule has 70 valence electrons. The quantitative estimate of drug-likeness (QED) is 0.655. The number of carbonyl (C=O) groups excluding carboxylic acids is 1. The maximum absolute atomic E-state index is 10.9. The average molecular weight is 182 g/mol. The first-order valence-corrected chi connectivity index (χ1v) is 3.78. The summed E-state index contributed by atoms with van der Waals surface area (Å²) in [5.41, 5.74) is 0.819. The summed E-state index contributed by atoms with van der Waals surface area (Å²) >= 11 is 0. The van der Waals surface area contributed by atoms with Gasteiger partial charge in [-0.2, -0.15) is 0 Å². The van der Waals surface area contributed by atoms with E-state index >= 15 is 0 Å². The molecule has 1 aromatic heterocycles. The van der Waals surface area contributed by atoms with Crippen LogP contribution < -0.4 is 0 Å². The molecular formula is C8H10N2O3. The van der Waals surface area contributed by atoms with Crippen LogP contribution >= 0.6 is 0 Å². The Morgan fingerprint density at radius 1 is 1.54 bits per heavy atom. The minimum absolute atomic E-state index is 0.0201. The van der Waals surface area contributed by atoms with Crippen LogP contribution in [-0.2, 0) is 11.2 Å². The molecule has 1 aromatic rings. The molecule has 0 aliphatic heterocycles. The van der Waals surface area contributed by atoms with Crippen LogP contribution in [0.25, 0.3) is 0 Å². The van der Waals surface area contributed by atoms with Crippen LogP contribution in [-0.4, -0.2) is 34.8 Å². The summed E-state index contributed by atoms with van der Waals surface area (Å²) in [7, 11) is 1.28. The van der Waals surface area contributed by atoms with Gasteiger partial charge in [0, 0.05) is 19.2 Å². The molecule has 0 fully saturated rings. The number of carbonyl (C=O) groups is 1. The topological polar surface area (TPSA) is 72.3 Å². The Bertz CT molecular complexity index is 284. The lowest BCUT2D eigenvalue weighted by molar-refractivity contribution is 0.0593. The summed E-state index contributed by atoms with van der Waals surface area (Å²) in [5.74, 6) is -0.511. The largest absolute Gasteiger partial charge is 0.464 e. The number of aliphatic hydroxyl groups is 1. The molecule has 0 aliphatic carbocycles. The van der Waals surface area contributed by atoms with E-state index in [1.807, 2.05) is 0 Å². The number of ether oxygens (including phenoxy) is 1. The fourth-order valence-electron chi connectivity index (χ4n) is 0.808. The van der Waals surface area contributed by atoms with E-state index in [4.69, 9.17) is 5.11 Å². The van der Waals surface area contributed by atoms with Crippen molar-refractivity contribution in [3.8, 4) is 0 Å². The fourth-order valence-corrected chi connectivity index (χ4v) is 0.808. The van der Waals surface area contributed by atoms with Gasteiger partial charge in [0.15, 0.2) is 5.69 Å². The molecule has 1 N–H and O–H groups in total. The minimum Gasteiger partial charge on any atom is -0.464 e. The smallest absolute Gasteiger partial charge is 0.358 e. The van der Waals surface area contributed by atoms with Gasteiger partial charge in [-0.3, -0.25) is 4.98 Å². The Labute approximate surface area is 75.4 Å². The predicted molar refractivity (Wildman–Crippen MR) is 44.2 cm³/mol. The first-order valence-electron chi connectivity index (χ1n) is 3.78. The highest BCUT2D eigenvalue weighted by Gasteiger charge is 2.06. The first-order chi connectivity index (χ1) is 6.27. The summed E-state index contributed by atoms with van der Waals surface area (Å²) in [4.78, 5) is 18.6. The van der Waals surface area contributed by atoms with Gasteiger partial charge in [-0.1, -0.05) is 0 Å². The number of esters is 1. The van der Waals surface area contributed by atoms with Crippen LogP contribution in [0.4, 0.5) is 0 Å². The summed E-state index contributed by atoms with van der Waals surface area (Å²) in [5, 5.41) is 8.58. The Balaban J connectivity index is 2.75. The second kappa shape index (κ2) is 4.51. The van der Waals surface area contributed by atoms with Crippen LogP contribution in [0.3, 0.4) is 0 Å². The molecule has 0 amide bonds. The zero-order chi connectivity index (χ0) is 9.68. The maximum Gasteiger partial charge on any atom is 0.358 e. The molecule has 0 unspecified atom stereocenters. The third-order valence-corrected chi connectivity index (χ3v) is 1.47. The lowest BCUT2D eigenvalue weighted by atomic mass is 10.3. The Morgan fingerprint density at radius 2 is 2.31 bits per heavy atom. The highest BCUT2D eigenvalue weighted by Crippen LogP contribution is 1.97. The van der Waals surface area contributed by atoms with Crippen molar-refractivity contribution < 1.29 is 14.6 Å². The molecule has 0 atom stereocenters. The number of aromatic nitrogens is 2. The summed E-state index contributed by atoms with van der Waals surface area (Å²) in [6.45, 7) is 0.0201. The zero-order valence-electron chi connectivity index (χ0n) is 7.23. The molecule has 0 radical (unpaired) electrons. The lowest BCUT2D eigenvalue weighted by Gasteiger charge is -1.98. The maximum atomic E-state index is 10.9. The van der Waals surface area contributed by atoms with Gasteiger partial charge in [0.25, 0.3) is 0 Å². The van der Waals surface area contributed by atoms with E-state index < -0.39 is 5.97 Å². The Morgan fingerprint density at radius 3 is 2.77 bits per heavy atom. The van der Waals surface area contributed by atoms with Gasteiger partial charge in [0.05, 0.1) is 19.0 Å². The number of aliphatic hydroxyl groups excluding tert-OH is 1. The molecule has 5 nitrogen and oxygen atoms in total. The monoisotopic (exact) mass is 182 g/mol. The third kappa shape index (κ3) is 2.48. The van der Waals surface area contributed by atoms with Gasteiger partial charge in [-0.05, 0) is 0 Å². The summed E-state index contributed by atoms with van der Waals surface area (Å²) in [6.07, 6.45) is 3.22. The van der Waals surface area contributed by atoms with E-state index in [-0.39, 0.29) is 12.3 Å². The van der Waals surface area contributed by atoms with E-state index in [9.17, 15) is 4.79 Å². The number of nitrogens with zero attached hydrogens (tertiary/aromatic N) is 2. The van der Waals surface area contributed by atoms with Crippen molar-refractivity contribution in [3.63, 3.8) is 0 Å². The van der Waals surface area contributed by atoms with Crippen LogP contribution in [0.2, 0.25) is 0 Å². The number of hydrogen-bond acceptors (Lipinski definition) is 5. The van der Waals surface area contributed by atoms with Gasteiger partial charge in [0.1, 0.15) is 0 Å². The van der Waals surface area contributed by atoms with Crippen molar-refractivity contribution in [2.75, 3.05) is 13.7 Å². The van der Waals surface area contributed by atoms with Crippen LogP contribution in [0.15, 0.2) is 12.4 Å². The first kappa shape index (κ1) is 9.60. The summed E-state index contributed by atoms with van der Waals surface area (Å²) < 4.78 is 4.45. The Hall–Kier alpha value is -1.49. The minimum atomic E-state index is -0.511. The fraction of sp³-hybridized carbons (Fsp3) is 0.375. The van der Waals surface area contributed by atoms with Crippen molar-refractivity contribution in [1.82, 2.24) is 9.97 Å². The number of methoxy groups -OCH3 is 1. The predicted octanol–water partition coefficient (Wildman–Crippen LogP) is -0.202. The van der Waals surface area contributed by atoms with Gasteiger partial charge < -0.3 is 9.84 Å². The lowest BCUT2D eigenvalue weighted by Crippen LogP contribution is -2.06. The Kier molecular flexibility index (Phi) is 3.33. The molecule has 0 bridgehead atoms. The standard InChI is InChI=1S/C8H10N2O3/c1-13-8(12)7-5-9-6(2-3-11)4-10-7/h4-5,11H,2-3H2,1H3. The molecule has 1 heterocycles. The molecule has 0 saturated carbocycles. The van der Waals surface area contributed by atoms with Crippen molar-refractivity contribution in [1.29, 1.82) is 0 Å². The molecule has 0 aromatic carbocycles. The van der Waals surface area contributed by atoms with E-state index in [0.717, 1.165) is 0 Å². The molecule has 0 spiro atoms. The van der Waals surface area contributed by atoms with Crippen LogP contribution in [0.1, 0.15) is 16.2 Å². The highest BCUT2D eigenvalue weighted by molar-refractivity contribution is 5.86. The molecule has 1 rings (SSSR count). The summed E-state index contributed by atoms with van der Waals surface area (Å²) in [6, 6.07) is 0. The molecule has 13 heavy (non-hydrogen) atoms. The van der Waals surface area contributed by atoms with Crippen molar-refractivity contribution in [3.05, 3.63) is 23.8 Å². The third-order valence-electron chi connectivity index (χ3n) is 1.47.